The van der Waals surface area contributed by atoms with Crippen LogP contribution in [0.15, 0.2) is 24.3 Å². The Bertz CT molecular complexity index is 346. The smallest absolute Gasteiger partial charge is 0.119 e. The van der Waals surface area contributed by atoms with Crippen molar-refractivity contribution in [2.75, 3.05) is 31.6 Å². The van der Waals surface area contributed by atoms with E-state index in [0.717, 1.165) is 25.3 Å². The first-order chi connectivity index (χ1) is 8.48. The lowest BCUT2D eigenvalue weighted by molar-refractivity contribution is 0.340. The molecule has 0 aliphatic heterocycles. The highest BCUT2D eigenvalue weighted by Crippen LogP contribution is 2.25. The maximum absolute atomic E-state index is 5.65. The van der Waals surface area contributed by atoms with Crippen LogP contribution in [0.1, 0.15) is 27.2 Å². The molecule has 0 radical (unpaired) electrons. The van der Waals surface area contributed by atoms with Crippen LogP contribution in [0.4, 0.5) is 5.69 Å². The molecule has 0 unspecified atom stereocenters. The number of benzene rings is 1. The first-order valence-electron chi connectivity index (χ1n) is 6.62. The van der Waals surface area contributed by atoms with E-state index in [0.29, 0.717) is 6.61 Å². The molecule has 102 valence electrons. The first kappa shape index (κ1) is 14.8. The molecule has 0 saturated carbocycles. The summed E-state index contributed by atoms with van der Waals surface area (Å²) in [5.41, 5.74) is 7.10. The molecule has 3 nitrogen and oxygen atoms in total. The Hall–Kier alpha value is -1.22. The average molecular weight is 250 g/mol. The number of nitrogens with zero attached hydrogens (tertiary/aromatic N) is 1. The van der Waals surface area contributed by atoms with Crippen LogP contribution in [0.3, 0.4) is 0 Å². The van der Waals surface area contributed by atoms with E-state index in [1.165, 1.54) is 5.69 Å². The van der Waals surface area contributed by atoms with Crippen LogP contribution in [-0.4, -0.2) is 26.7 Å². The number of ether oxygens (including phenoxy) is 1. The van der Waals surface area contributed by atoms with E-state index in [9.17, 15) is 0 Å². The molecule has 0 aliphatic carbocycles. The van der Waals surface area contributed by atoms with Gasteiger partial charge in [-0.25, -0.2) is 0 Å². The Morgan fingerprint density at radius 1 is 1.22 bits per heavy atom. The topological polar surface area (TPSA) is 38.5 Å². The fourth-order valence-corrected chi connectivity index (χ4v) is 2.17. The Morgan fingerprint density at radius 2 is 1.83 bits per heavy atom. The maximum atomic E-state index is 5.65. The van der Waals surface area contributed by atoms with Crippen molar-refractivity contribution in [1.29, 1.82) is 0 Å². The van der Waals surface area contributed by atoms with Crippen LogP contribution in [0, 0.1) is 5.41 Å². The maximum Gasteiger partial charge on any atom is 0.119 e. The number of anilines is 1. The van der Waals surface area contributed by atoms with Gasteiger partial charge in [-0.3, -0.25) is 0 Å². The molecular formula is C15H26N2O. The zero-order valence-electron chi connectivity index (χ0n) is 12.1. The van der Waals surface area contributed by atoms with Gasteiger partial charge in [-0.1, -0.05) is 13.8 Å². The van der Waals surface area contributed by atoms with Gasteiger partial charge in [-0.15, -0.1) is 0 Å². The van der Waals surface area contributed by atoms with Crippen LogP contribution in [0.5, 0.6) is 5.75 Å². The minimum Gasteiger partial charge on any atom is -0.494 e. The van der Waals surface area contributed by atoms with Gasteiger partial charge in [0, 0.05) is 19.3 Å². The van der Waals surface area contributed by atoms with Crippen molar-refractivity contribution in [1.82, 2.24) is 0 Å². The lowest BCUT2D eigenvalue weighted by atomic mass is 9.89. The molecule has 0 aromatic heterocycles. The van der Waals surface area contributed by atoms with E-state index >= 15 is 0 Å². The second kappa shape index (κ2) is 6.64. The van der Waals surface area contributed by atoms with E-state index < -0.39 is 0 Å². The first-order valence-corrected chi connectivity index (χ1v) is 6.62. The van der Waals surface area contributed by atoms with Crippen LogP contribution in [0.2, 0.25) is 0 Å². The molecule has 0 spiro atoms. The van der Waals surface area contributed by atoms with Crippen LogP contribution < -0.4 is 15.4 Å². The van der Waals surface area contributed by atoms with Gasteiger partial charge < -0.3 is 15.4 Å². The molecule has 2 N–H and O–H groups in total. The molecule has 18 heavy (non-hydrogen) atoms. The Morgan fingerprint density at radius 3 is 2.33 bits per heavy atom. The molecule has 1 rings (SSSR count). The van der Waals surface area contributed by atoms with Crippen molar-refractivity contribution >= 4 is 5.69 Å². The molecule has 0 saturated heterocycles. The van der Waals surface area contributed by atoms with Crippen molar-refractivity contribution in [3.63, 3.8) is 0 Å². The summed E-state index contributed by atoms with van der Waals surface area (Å²) >= 11 is 0. The van der Waals surface area contributed by atoms with Gasteiger partial charge in [0.2, 0.25) is 0 Å². The molecular weight excluding hydrogens is 224 g/mol. The third-order valence-electron chi connectivity index (χ3n) is 3.07. The summed E-state index contributed by atoms with van der Waals surface area (Å²) in [6.45, 7) is 8.95. The second-order valence-corrected chi connectivity index (χ2v) is 5.49. The summed E-state index contributed by atoms with van der Waals surface area (Å²) in [4.78, 5) is 2.27. The van der Waals surface area contributed by atoms with Crippen LogP contribution in [0.25, 0.3) is 0 Å². The molecule has 3 heteroatoms. The molecule has 1 aromatic rings. The van der Waals surface area contributed by atoms with Gasteiger partial charge in [-0.05, 0) is 49.6 Å². The highest BCUT2D eigenvalue weighted by Gasteiger charge is 2.19. The predicted molar refractivity (Wildman–Crippen MR) is 78.3 cm³/mol. The van der Waals surface area contributed by atoms with Gasteiger partial charge in [0.25, 0.3) is 0 Å². The highest BCUT2D eigenvalue weighted by molar-refractivity contribution is 5.48. The summed E-state index contributed by atoms with van der Waals surface area (Å²) in [5, 5.41) is 0. The molecule has 0 fully saturated rings. The molecule has 0 aliphatic rings. The van der Waals surface area contributed by atoms with E-state index in [1.54, 1.807) is 0 Å². The Kier molecular flexibility index (Phi) is 5.48. The zero-order valence-corrected chi connectivity index (χ0v) is 12.1. The van der Waals surface area contributed by atoms with Crippen molar-refractivity contribution in [3.05, 3.63) is 24.3 Å². The van der Waals surface area contributed by atoms with Crippen molar-refractivity contribution in [2.24, 2.45) is 11.1 Å². The largest absolute Gasteiger partial charge is 0.494 e. The Labute approximate surface area is 111 Å². The lowest BCUT2D eigenvalue weighted by Gasteiger charge is -2.31. The third-order valence-corrected chi connectivity index (χ3v) is 3.07. The fraction of sp³-hybridized carbons (Fsp3) is 0.600. The van der Waals surface area contributed by atoms with Crippen LogP contribution >= 0.6 is 0 Å². The van der Waals surface area contributed by atoms with Gasteiger partial charge in [-0.2, -0.15) is 0 Å². The third kappa shape index (κ3) is 4.57. The zero-order chi connectivity index (χ0) is 13.6. The van der Waals surface area contributed by atoms with Crippen LogP contribution in [-0.2, 0) is 0 Å². The van der Waals surface area contributed by atoms with E-state index in [1.807, 2.05) is 19.1 Å². The van der Waals surface area contributed by atoms with E-state index in [2.05, 4.69) is 37.9 Å². The normalized spacial score (nSPS) is 11.4. The fourth-order valence-electron chi connectivity index (χ4n) is 2.17. The monoisotopic (exact) mass is 250 g/mol. The summed E-state index contributed by atoms with van der Waals surface area (Å²) in [5.74, 6) is 0.927. The van der Waals surface area contributed by atoms with E-state index in [4.69, 9.17) is 10.5 Å². The summed E-state index contributed by atoms with van der Waals surface area (Å²) in [7, 11) is 2.12. The van der Waals surface area contributed by atoms with Gasteiger partial charge >= 0.3 is 0 Å². The summed E-state index contributed by atoms with van der Waals surface area (Å²) in [6.07, 6.45) is 1.04. The minimum absolute atomic E-state index is 0.238. The molecule has 0 heterocycles. The number of rotatable bonds is 7. The summed E-state index contributed by atoms with van der Waals surface area (Å²) < 4.78 is 5.45. The number of nitrogens with two attached hydrogens (primary N) is 1. The average Bonchev–Trinajstić information content (AvgIpc) is 2.29. The SMILES string of the molecule is CCOc1ccc(N(C)CC(C)(C)CCN)cc1. The molecule has 0 atom stereocenters. The standard InChI is InChI=1S/C15H26N2O/c1-5-18-14-8-6-13(7-9-14)17(4)12-15(2,3)10-11-16/h6-9H,5,10-12,16H2,1-4H3. The second-order valence-electron chi connectivity index (χ2n) is 5.49. The Balaban J connectivity index is 2.63. The minimum atomic E-state index is 0.238. The molecule has 0 amide bonds. The number of hydrogen-bond acceptors (Lipinski definition) is 3. The van der Waals surface area contributed by atoms with Crippen molar-refractivity contribution < 1.29 is 4.74 Å². The lowest BCUT2D eigenvalue weighted by Crippen LogP contribution is -2.32. The van der Waals surface area contributed by atoms with Crippen molar-refractivity contribution in [3.8, 4) is 5.75 Å². The molecule has 0 bridgehead atoms. The van der Waals surface area contributed by atoms with Crippen molar-refractivity contribution in [2.45, 2.75) is 27.2 Å². The van der Waals surface area contributed by atoms with Gasteiger partial charge in [0.1, 0.15) is 5.75 Å². The van der Waals surface area contributed by atoms with Gasteiger partial charge in [0.15, 0.2) is 0 Å². The summed E-state index contributed by atoms with van der Waals surface area (Å²) in [6, 6.07) is 8.24. The number of hydrogen-bond donors (Lipinski definition) is 1. The van der Waals surface area contributed by atoms with Gasteiger partial charge in [0.05, 0.1) is 6.61 Å². The predicted octanol–water partition coefficient (Wildman–Crippen LogP) is 2.90. The highest BCUT2D eigenvalue weighted by atomic mass is 16.5. The molecule has 1 aromatic carbocycles. The van der Waals surface area contributed by atoms with E-state index in [-0.39, 0.29) is 5.41 Å². The quantitative estimate of drug-likeness (QED) is 0.808.